The lowest BCUT2D eigenvalue weighted by Gasteiger charge is -2.24. The Labute approximate surface area is 141 Å². The molecule has 2 aromatic rings. The van der Waals surface area contributed by atoms with Crippen molar-refractivity contribution in [1.29, 1.82) is 0 Å². The molecule has 3 rings (SSSR count). The summed E-state index contributed by atoms with van der Waals surface area (Å²) in [7, 11) is 0. The highest BCUT2D eigenvalue weighted by molar-refractivity contribution is 5.92. The zero-order valence-electron chi connectivity index (χ0n) is 14.0. The number of ether oxygens (including phenoxy) is 1. The number of nitrogens with zero attached hydrogens (tertiary/aromatic N) is 1. The molecule has 5 heteroatoms. The lowest BCUT2D eigenvalue weighted by Crippen LogP contribution is -2.39. The van der Waals surface area contributed by atoms with E-state index in [4.69, 9.17) is 4.74 Å². The van der Waals surface area contributed by atoms with Gasteiger partial charge >= 0.3 is 0 Å². The van der Waals surface area contributed by atoms with E-state index in [2.05, 4.69) is 10.3 Å². The molecule has 0 saturated heterocycles. The van der Waals surface area contributed by atoms with Gasteiger partial charge in [0.25, 0.3) is 5.91 Å². The third-order valence-corrected chi connectivity index (χ3v) is 4.18. The Bertz CT molecular complexity index is 745. The first kappa shape index (κ1) is 16.5. The van der Waals surface area contributed by atoms with Gasteiger partial charge in [0.2, 0.25) is 5.88 Å². The third kappa shape index (κ3) is 3.41. The number of nitrogens with one attached hydrogen (secondary N) is 1. The minimum absolute atomic E-state index is 0.00786. The number of benzene rings is 1. The Hall–Kier alpha value is -2.40. The number of carbonyl (C=O) groups excluding carboxylic acids is 1. The molecule has 1 aliphatic rings. The molecular weight excluding hydrogens is 304 g/mol. The van der Waals surface area contributed by atoms with Gasteiger partial charge in [-0.1, -0.05) is 30.3 Å². The Balaban J connectivity index is 1.68. The first-order chi connectivity index (χ1) is 11.5. The molecule has 1 aromatic heterocycles. The summed E-state index contributed by atoms with van der Waals surface area (Å²) in [5.74, 6) is 0.101. The summed E-state index contributed by atoms with van der Waals surface area (Å²) in [5, 5.41) is 13.6. The number of rotatable bonds is 5. The standard InChI is InChI=1S/C19H22N2O3/c1-13(2)24-17-9-5-8-16(21-17)18(22)20-12-19(23)11-10-14-6-3-4-7-15(14)19/h3-9,13,23H,10-12H2,1-2H3,(H,20,22). The van der Waals surface area contributed by atoms with E-state index in [0.29, 0.717) is 12.3 Å². The summed E-state index contributed by atoms with van der Waals surface area (Å²) in [6.45, 7) is 3.97. The van der Waals surface area contributed by atoms with Crippen LogP contribution < -0.4 is 10.1 Å². The Morgan fingerprint density at radius 1 is 1.29 bits per heavy atom. The van der Waals surface area contributed by atoms with Crippen LogP contribution in [0.5, 0.6) is 5.88 Å². The molecule has 0 fully saturated rings. The molecule has 0 saturated carbocycles. The predicted molar refractivity (Wildman–Crippen MR) is 91.0 cm³/mol. The van der Waals surface area contributed by atoms with Crippen LogP contribution in [0.4, 0.5) is 0 Å². The van der Waals surface area contributed by atoms with Gasteiger partial charge in [-0.3, -0.25) is 4.79 Å². The van der Waals surface area contributed by atoms with Gasteiger partial charge in [-0.25, -0.2) is 4.98 Å². The van der Waals surface area contributed by atoms with E-state index in [1.54, 1.807) is 18.2 Å². The molecule has 1 heterocycles. The maximum atomic E-state index is 12.4. The summed E-state index contributed by atoms with van der Waals surface area (Å²) < 4.78 is 5.51. The summed E-state index contributed by atoms with van der Waals surface area (Å²) >= 11 is 0. The maximum absolute atomic E-state index is 12.4. The fraction of sp³-hybridized carbons (Fsp3) is 0.368. The maximum Gasteiger partial charge on any atom is 0.270 e. The molecule has 1 unspecified atom stereocenters. The molecule has 5 nitrogen and oxygen atoms in total. The second kappa shape index (κ2) is 6.61. The summed E-state index contributed by atoms with van der Waals surface area (Å²) in [5.41, 5.74) is 1.30. The van der Waals surface area contributed by atoms with Gasteiger partial charge < -0.3 is 15.2 Å². The summed E-state index contributed by atoms with van der Waals surface area (Å²) in [4.78, 5) is 16.6. The fourth-order valence-electron chi connectivity index (χ4n) is 3.02. The van der Waals surface area contributed by atoms with E-state index in [9.17, 15) is 9.90 Å². The molecule has 1 aliphatic carbocycles. The van der Waals surface area contributed by atoms with E-state index in [0.717, 1.165) is 17.5 Å². The van der Waals surface area contributed by atoms with Gasteiger partial charge in [0, 0.05) is 6.07 Å². The first-order valence-electron chi connectivity index (χ1n) is 8.21. The van der Waals surface area contributed by atoms with E-state index in [1.165, 1.54) is 0 Å². The van der Waals surface area contributed by atoms with E-state index in [1.807, 2.05) is 38.1 Å². The second-order valence-electron chi connectivity index (χ2n) is 6.40. The highest BCUT2D eigenvalue weighted by atomic mass is 16.5. The normalized spacial score (nSPS) is 19.2. The number of fused-ring (bicyclic) bond motifs is 1. The van der Waals surface area contributed by atoms with Crippen molar-refractivity contribution >= 4 is 5.91 Å². The number of aryl methyl sites for hydroxylation is 1. The van der Waals surface area contributed by atoms with Crippen molar-refractivity contribution in [1.82, 2.24) is 10.3 Å². The zero-order valence-corrected chi connectivity index (χ0v) is 14.0. The quantitative estimate of drug-likeness (QED) is 0.885. The monoisotopic (exact) mass is 326 g/mol. The molecule has 1 aromatic carbocycles. The number of aromatic nitrogens is 1. The molecule has 0 bridgehead atoms. The molecule has 0 aliphatic heterocycles. The molecule has 2 N–H and O–H groups in total. The van der Waals surface area contributed by atoms with Crippen LogP contribution in [0, 0.1) is 0 Å². The van der Waals surface area contributed by atoms with Crippen LogP contribution in [0.1, 0.15) is 41.9 Å². The molecule has 24 heavy (non-hydrogen) atoms. The number of hydrogen-bond acceptors (Lipinski definition) is 4. The topological polar surface area (TPSA) is 71.5 Å². The number of amides is 1. The molecular formula is C19H22N2O3. The van der Waals surface area contributed by atoms with Crippen molar-refractivity contribution in [2.24, 2.45) is 0 Å². The van der Waals surface area contributed by atoms with Crippen molar-refractivity contribution < 1.29 is 14.6 Å². The lowest BCUT2D eigenvalue weighted by molar-refractivity contribution is 0.0368. The first-order valence-corrected chi connectivity index (χ1v) is 8.21. The van der Waals surface area contributed by atoms with Crippen LogP contribution in [0.2, 0.25) is 0 Å². The number of carbonyl (C=O) groups is 1. The molecule has 0 spiro atoms. The van der Waals surface area contributed by atoms with Crippen molar-refractivity contribution in [2.75, 3.05) is 6.54 Å². The van der Waals surface area contributed by atoms with Gasteiger partial charge in [0.15, 0.2) is 0 Å². The van der Waals surface area contributed by atoms with Crippen LogP contribution >= 0.6 is 0 Å². The van der Waals surface area contributed by atoms with Crippen LogP contribution in [0.15, 0.2) is 42.5 Å². The highest BCUT2D eigenvalue weighted by Gasteiger charge is 2.36. The van der Waals surface area contributed by atoms with Gasteiger partial charge in [0.05, 0.1) is 12.6 Å². The fourth-order valence-corrected chi connectivity index (χ4v) is 3.02. The highest BCUT2D eigenvalue weighted by Crippen LogP contribution is 2.36. The van der Waals surface area contributed by atoms with Crippen LogP contribution in [-0.4, -0.2) is 28.6 Å². The SMILES string of the molecule is CC(C)Oc1cccc(C(=O)NCC2(O)CCc3ccccc32)n1. The minimum atomic E-state index is -1.02. The van der Waals surface area contributed by atoms with Crippen LogP contribution in [0.25, 0.3) is 0 Å². The summed E-state index contributed by atoms with van der Waals surface area (Å²) in [6, 6.07) is 12.9. The van der Waals surface area contributed by atoms with Crippen molar-refractivity contribution in [3.05, 3.63) is 59.3 Å². The average molecular weight is 326 g/mol. The van der Waals surface area contributed by atoms with Gasteiger partial charge in [0.1, 0.15) is 11.3 Å². The van der Waals surface area contributed by atoms with E-state index in [-0.39, 0.29) is 24.2 Å². The van der Waals surface area contributed by atoms with E-state index < -0.39 is 5.60 Å². The summed E-state index contributed by atoms with van der Waals surface area (Å²) in [6.07, 6.45) is 1.42. The smallest absolute Gasteiger partial charge is 0.270 e. The Morgan fingerprint density at radius 2 is 2.08 bits per heavy atom. The van der Waals surface area contributed by atoms with Gasteiger partial charge in [-0.15, -0.1) is 0 Å². The predicted octanol–water partition coefficient (Wildman–Crippen LogP) is 2.43. The van der Waals surface area contributed by atoms with Crippen molar-refractivity contribution in [2.45, 2.75) is 38.4 Å². The van der Waals surface area contributed by atoms with Crippen LogP contribution in [-0.2, 0) is 12.0 Å². The van der Waals surface area contributed by atoms with Crippen molar-refractivity contribution in [3.8, 4) is 5.88 Å². The number of hydrogen-bond donors (Lipinski definition) is 2. The largest absolute Gasteiger partial charge is 0.475 e. The third-order valence-electron chi connectivity index (χ3n) is 4.18. The zero-order chi connectivity index (χ0) is 17.2. The number of pyridine rings is 1. The molecule has 126 valence electrons. The van der Waals surface area contributed by atoms with Gasteiger partial charge in [-0.05, 0) is 43.9 Å². The lowest BCUT2D eigenvalue weighted by atomic mass is 9.96. The van der Waals surface area contributed by atoms with Crippen molar-refractivity contribution in [3.63, 3.8) is 0 Å². The van der Waals surface area contributed by atoms with Gasteiger partial charge in [-0.2, -0.15) is 0 Å². The minimum Gasteiger partial charge on any atom is -0.475 e. The van der Waals surface area contributed by atoms with E-state index >= 15 is 0 Å². The van der Waals surface area contributed by atoms with Crippen LogP contribution in [0.3, 0.4) is 0 Å². The average Bonchev–Trinajstić information content (AvgIpc) is 2.90. The molecule has 1 atom stereocenters. The molecule has 1 amide bonds. The number of aliphatic hydroxyl groups is 1. The Morgan fingerprint density at radius 3 is 2.88 bits per heavy atom. The second-order valence-corrected chi connectivity index (χ2v) is 6.40. The Kier molecular flexibility index (Phi) is 4.53. The molecule has 0 radical (unpaired) electrons.